The minimum absolute atomic E-state index is 1.04. The van der Waals surface area contributed by atoms with Crippen LogP contribution in [0.15, 0.2) is 48.5 Å². The Morgan fingerprint density at radius 3 is 2.39 bits per heavy atom. The third-order valence-corrected chi connectivity index (χ3v) is 3.84. The fourth-order valence-corrected chi connectivity index (χ4v) is 2.66. The highest BCUT2D eigenvalue weighted by Crippen LogP contribution is 2.24. The van der Waals surface area contributed by atoms with Gasteiger partial charge in [0.25, 0.3) is 0 Å². The molecular formula is C17H19N. The molecule has 0 fully saturated rings. The van der Waals surface area contributed by atoms with Gasteiger partial charge in [0.15, 0.2) is 0 Å². The first kappa shape index (κ1) is 11.3. The molecule has 0 saturated heterocycles. The zero-order chi connectivity index (χ0) is 12.4. The number of hydrogen-bond acceptors (Lipinski definition) is 1. The Labute approximate surface area is 109 Å². The molecule has 0 unspecified atom stereocenters. The first-order valence-electron chi connectivity index (χ1n) is 6.77. The van der Waals surface area contributed by atoms with E-state index >= 15 is 0 Å². The molecule has 0 radical (unpaired) electrons. The lowest BCUT2D eigenvalue weighted by Gasteiger charge is -2.30. The first-order chi connectivity index (χ1) is 8.86. The van der Waals surface area contributed by atoms with Gasteiger partial charge >= 0.3 is 0 Å². The van der Waals surface area contributed by atoms with Crippen molar-refractivity contribution in [3.05, 3.63) is 65.2 Å². The lowest BCUT2D eigenvalue weighted by molar-refractivity contribution is 0.731. The van der Waals surface area contributed by atoms with Crippen LogP contribution in [0, 0.1) is 0 Å². The molecule has 0 saturated carbocycles. The molecule has 1 aliphatic rings. The van der Waals surface area contributed by atoms with Gasteiger partial charge in [-0.25, -0.2) is 0 Å². The van der Waals surface area contributed by atoms with Crippen molar-refractivity contribution in [2.75, 3.05) is 11.4 Å². The summed E-state index contributed by atoms with van der Waals surface area (Å²) in [6.45, 7) is 4.37. The van der Waals surface area contributed by atoms with Crippen molar-refractivity contribution in [1.82, 2.24) is 0 Å². The first-order valence-corrected chi connectivity index (χ1v) is 6.77. The molecule has 3 rings (SSSR count). The lowest BCUT2D eigenvalue weighted by Crippen LogP contribution is -2.30. The normalized spacial score (nSPS) is 14.4. The largest absolute Gasteiger partial charge is 0.367 e. The molecule has 92 valence electrons. The maximum absolute atomic E-state index is 2.47. The lowest BCUT2D eigenvalue weighted by atomic mass is 9.99. The fourth-order valence-electron chi connectivity index (χ4n) is 2.66. The molecule has 0 N–H and O–H groups in total. The maximum Gasteiger partial charge on any atom is 0.0432 e. The van der Waals surface area contributed by atoms with Gasteiger partial charge in [-0.05, 0) is 41.7 Å². The van der Waals surface area contributed by atoms with Crippen LogP contribution in [0.2, 0.25) is 0 Å². The van der Waals surface area contributed by atoms with Crippen molar-refractivity contribution in [3.63, 3.8) is 0 Å². The molecule has 1 heterocycles. The number of rotatable bonds is 2. The fraction of sp³-hybridized carbons (Fsp3) is 0.294. The number of hydrogen-bond donors (Lipinski definition) is 0. The summed E-state index contributed by atoms with van der Waals surface area (Å²) < 4.78 is 0. The molecule has 0 atom stereocenters. The summed E-state index contributed by atoms with van der Waals surface area (Å²) in [5.74, 6) is 0. The Bertz CT molecular complexity index is 528. The Morgan fingerprint density at radius 2 is 1.67 bits per heavy atom. The molecule has 1 nitrogen and oxygen atoms in total. The van der Waals surface area contributed by atoms with Gasteiger partial charge in [-0.3, -0.25) is 0 Å². The molecular weight excluding hydrogens is 218 g/mol. The zero-order valence-corrected chi connectivity index (χ0v) is 10.9. The number of benzene rings is 2. The predicted octanol–water partition coefficient (Wildman–Crippen LogP) is 3.81. The summed E-state index contributed by atoms with van der Waals surface area (Å²) in [6, 6.07) is 17.8. The number of aryl methyl sites for hydroxylation is 1. The minimum atomic E-state index is 1.04. The van der Waals surface area contributed by atoms with E-state index in [0.29, 0.717) is 0 Å². The minimum Gasteiger partial charge on any atom is -0.367 e. The summed E-state index contributed by atoms with van der Waals surface area (Å²) in [5, 5.41) is 0. The Morgan fingerprint density at radius 1 is 0.944 bits per heavy atom. The summed E-state index contributed by atoms with van der Waals surface area (Å²) in [6.07, 6.45) is 2.27. The van der Waals surface area contributed by atoms with Crippen molar-refractivity contribution < 1.29 is 0 Å². The van der Waals surface area contributed by atoms with E-state index in [1.54, 1.807) is 0 Å². The van der Waals surface area contributed by atoms with Gasteiger partial charge in [-0.2, -0.15) is 0 Å². The van der Waals surface area contributed by atoms with Crippen LogP contribution in [0.5, 0.6) is 0 Å². The van der Waals surface area contributed by atoms with E-state index in [9.17, 15) is 0 Å². The molecule has 0 aromatic heterocycles. The van der Waals surface area contributed by atoms with Crippen LogP contribution in [-0.2, 0) is 19.4 Å². The standard InChI is InChI=1S/C17H19N/c1-2-14-7-9-17(10-8-14)18-12-11-15-5-3-4-6-16(15)13-18/h3-10H,2,11-13H2,1H3. The van der Waals surface area contributed by atoms with Gasteiger partial charge in [0, 0.05) is 18.8 Å². The SMILES string of the molecule is CCc1ccc(N2CCc3ccccc3C2)cc1. The maximum atomic E-state index is 2.47. The van der Waals surface area contributed by atoms with E-state index < -0.39 is 0 Å². The quantitative estimate of drug-likeness (QED) is 0.767. The smallest absolute Gasteiger partial charge is 0.0432 e. The topological polar surface area (TPSA) is 3.24 Å². The van der Waals surface area contributed by atoms with Crippen molar-refractivity contribution in [2.24, 2.45) is 0 Å². The Balaban J connectivity index is 1.82. The van der Waals surface area contributed by atoms with Gasteiger partial charge in [-0.15, -0.1) is 0 Å². The van der Waals surface area contributed by atoms with E-state index in [2.05, 4.69) is 60.4 Å². The predicted molar refractivity (Wildman–Crippen MR) is 77.0 cm³/mol. The van der Waals surface area contributed by atoms with Crippen molar-refractivity contribution >= 4 is 5.69 Å². The van der Waals surface area contributed by atoms with Crippen LogP contribution in [0.25, 0.3) is 0 Å². The second kappa shape index (κ2) is 4.85. The monoisotopic (exact) mass is 237 g/mol. The molecule has 0 amide bonds. The molecule has 0 spiro atoms. The third kappa shape index (κ3) is 2.13. The second-order valence-electron chi connectivity index (χ2n) is 4.96. The average Bonchev–Trinajstić information content (AvgIpc) is 2.47. The summed E-state index contributed by atoms with van der Waals surface area (Å²) in [5.41, 5.74) is 5.75. The zero-order valence-electron chi connectivity index (χ0n) is 10.9. The van der Waals surface area contributed by atoms with Crippen LogP contribution in [0.3, 0.4) is 0 Å². The summed E-state index contributed by atoms with van der Waals surface area (Å²) in [4.78, 5) is 2.47. The van der Waals surface area contributed by atoms with E-state index in [1.165, 1.54) is 22.4 Å². The van der Waals surface area contributed by atoms with Crippen LogP contribution in [-0.4, -0.2) is 6.54 Å². The molecule has 2 aromatic carbocycles. The molecule has 2 aromatic rings. The number of anilines is 1. The van der Waals surface area contributed by atoms with Crippen LogP contribution in [0.4, 0.5) is 5.69 Å². The molecule has 1 aliphatic heterocycles. The highest BCUT2D eigenvalue weighted by molar-refractivity contribution is 5.50. The van der Waals surface area contributed by atoms with Gasteiger partial charge in [0.2, 0.25) is 0 Å². The van der Waals surface area contributed by atoms with E-state index in [-0.39, 0.29) is 0 Å². The van der Waals surface area contributed by atoms with Crippen molar-refractivity contribution in [2.45, 2.75) is 26.3 Å². The molecule has 1 heteroatoms. The Kier molecular flexibility index (Phi) is 3.06. The highest BCUT2D eigenvalue weighted by atomic mass is 15.1. The molecule has 0 bridgehead atoms. The summed E-state index contributed by atoms with van der Waals surface area (Å²) in [7, 11) is 0. The van der Waals surface area contributed by atoms with E-state index in [0.717, 1.165) is 25.9 Å². The van der Waals surface area contributed by atoms with Crippen LogP contribution in [0.1, 0.15) is 23.6 Å². The molecule has 0 aliphatic carbocycles. The van der Waals surface area contributed by atoms with Gasteiger partial charge in [0.1, 0.15) is 0 Å². The van der Waals surface area contributed by atoms with Crippen molar-refractivity contribution in [1.29, 1.82) is 0 Å². The van der Waals surface area contributed by atoms with E-state index in [4.69, 9.17) is 0 Å². The second-order valence-corrected chi connectivity index (χ2v) is 4.96. The molecule has 18 heavy (non-hydrogen) atoms. The third-order valence-electron chi connectivity index (χ3n) is 3.84. The Hall–Kier alpha value is -1.76. The van der Waals surface area contributed by atoms with Crippen LogP contribution >= 0.6 is 0 Å². The van der Waals surface area contributed by atoms with Gasteiger partial charge < -0.3 is 4.90 Å². The van der Waals surface area contributed by atoms with Gasteiger partial charge in [-0.1, -0.05) is 43.3 Å². The van der Waals surface area contributed by atoms with Gasteiger partial charge in [0.05, 0.1) is 0 Å². The number of fused-ring (bicyclic) bond motifs is 1. The highest BCUT2D eigenvalue weighted by Gasteiger charge is 2.15. The van der Waals surface area contributed by atoms with Crippen molar-refractivity contribution in [3.8, 4) is 0 Å². The summed E-state index contributed by atoms with van der Waals surface area (Å²) >= 11 is 0. The average molecular weight is 237 g/mol. The van der Waals surface area contributed by atoms with Crippen LogP contribution < -0.4 is 4.90 Å². The number of nitrogens with zero attached hydrogens (tertiary/aromatic N) is 1. The van der Waals surface area contributed by atoms with E-state index in [1.807, 2.05) is 0 Å².